The molecule has 0 atom stereocenters. The molecule has 0 saturated heterocycles. The molecule has 0 heterocycles. The minimum absolute atomic E-state index is 0.0204. The summed E-state index contributed by atoms with van der Waals surface area (Å²) in [4.78, 5) is 21.3. The minimum atomic E-state index is -0.536. The normalized spacial score (nSPS) is 10.0. The molecular weight excluding hydrogens is 240 g/mol. The summed E-state index contributed by atoms with van der Waals surface area (Å²) >= 11 is 0. The Morgan fingerprint density at radius 1 is 0.895 bits per heavy atom. The Morgan fingerprint density at radius 3 is 1.84 bits per heavy atom. The van der Waals surface area contributed by atoms with Gasteiger partial charge >= 0.3 is 5.97 Å². The predicted molar refractivity (Wildman–Crippen MR) is 77.7 cm³/mol. The van der Waals surface area contributed by atoms with Crippen LogP contribution in [0.4, 0.5) is 0 Å². The highest BCUT2D eigenvalue weighted by Gasteiger charge is 2.05. The van der Waals surface area contributed by atoms with Gasteiger partial charge in [0, 0.05) is 0 Å². The van der Waals surface area contributed by atoms with Crippen LogP contribution in [-0.4, -0.2) is 18.5 Å². The van der Waals surface area contributed by atoms with E-state index >= 15 is 0 Å². The molecule has 19 heavy (non-hydrogen) atoms. The first-order chi connectivity index (χ1) is 9.22. The third kappa shape index (κ3) is 11.7. The molecule has 3 nitrogen and oxygen atoms in total. The van der Waals surface area contributed by atoms with Crippen molar-refractivity contribution in [3.8, 4) is 0 Å². The zero-order valence-electron chi connectivity index (χ0n) is 12.5. The second kappa shape index (κ2) is 13.4. The van der Waals surface area contributed by atoms with Crippen LogP contribution < -0.4 is 0 Å². The lowest BCUT2D eigenvalue weighted by atomic mass is 10.1. The molecule has 0 fully saturated rings. The number of carbonyl (C=O) groups excluding carboxylic acids is 2. The minimum Gasteiger partial charge on any atom is -0.462 e. The number of hydrogen-bond acceptors (Lipinski definition) is 3. The smallest absolute Gasteiger partial charge is 0.344 e. The van der Waals surface area contributed by atoms with E-state index in [4.69, 9.17) is 4.74 Å². The van der Waals surface area contributed by atoms with E-state index in [1.165, 1.54) is 58.3 Å². The van der Waals surface area contributed by atoms with Crippen LogP contribution in [0.5, 0.6) is 0 Å². The van der Waals surface area contributed by atoms with Crippen LogP contribution in [0.25, 0.3) is 0 Å². The van der Waals surface area contributed by atoms with Crippen molar-refractivity contribution in [2.24, 2.45) is 0 Å². The highest BCUT2D eigenvalue weighted by atomic mass is 16.5. The number of rotatable bonds is 12. The molecule has 0 aromatic heterocycles. The monoisotopic (exact) mass is 268 g/mol. The molecule has 0 N–H and O–H groups in total. The van der Waals surface area contributed by atoms with Gasteiger partial charge in [-0.2, -0.15) is 0 Å². The number of unbranched alkanes of at least 4 members (excludes halogenated alkanes) is 9. The van der Waals surface area contributed by atoms with Gasteiger partial charge in [0.05, 0.1) is 6.61 Å². The summed E-state index contributed by atoms with van der Waals surface area (Å²) < 4.78 is 4.93. The number of hydrogen-bond donors (Lipinski definition) is 0. The van der Waals surface area contributed by atoms with E-state index in [1.807, 2.05) is 0 Å². The maximum atomic E-state index is 11.1. The largest absolute Gasteiger partial charge is 0.462 e. The molecule has 110 valence electrons. The van der Waals surface area contributed by atoms with Gasteiger partial charge in [-0.3, -0.25) is 0 Å². The van der Waals surface area contributed by atoms with E-state index in [1.54, 1.807) is 5.94 Å². The first-order valence-corrected chi connectivity index (χ1v) is 7.61. The Hall–Kier alpha value is -1.08. The summed E-state index contributed by atoms with van der Waals surface area (Å²) in [5, 5.41) is 0. The summed E-state index contributed by atoms with van der Waals surface area (Å²) in [6, 6.07) is 0. The number of ether oxygens (including phenoxy) is 1. The highest BCUT2D eigenvalue weighted by molar-refractivity contribution is 5.95. The standard InChI is InChI=1S/C16H28O3/c1-3-4-5-6-7-8-9-10-11-12-13-19-16(18)15(2)14-17/h3-13H2,1-2H3. The van der Waals surface area contributed by atoms with Crippen LogP contribution in [0.1, 0.15) is 78.1 Å². The Labute approximate surface area is 117 Å². The van der Waals surface area contributed by atoms with Gasteiger partial charge in [-0.05, 0) is 13.3 Å². The number of carbonyl (C=O) groups is 1. The Kier molecular flexibility index (Phi) is 12.6. The SMILES string of the molecule is CCCCCCCCCCCCOC(=O)C(C)=C=O. The third-order valence-electron chi connectivity index (χ3n) is 3.19. The lowest BCUT2D eigenvalue weighted by Crippen LogP contribution is -2.07. The van der Waals surface area contributed by atoms with Gasteiger partial charge in [0.15, 0.2) is 0 Å². The molecule has 0 aromatic rings. The van der Waals surface area contributed by atoms with E-state index in [-0.39, 0.29) is 5.57 Å². The van der Waals surface area contributed by atoms with Crippen LogP contribution in [0.15, 0.2) is 5.57 Å². The van der Waals surface area contributed by atoms with Gasteiger partial charge in [-0.1, -0.05) is 64.7 Å². The number of esters is 1. The van der Waals surface area contributed by atoms with Gasteiger partial charge < -0.3 is 4.74 Å². The maximum absolute atomic E-state index is 11.1. The van der Waals surface area contributed by atoms with Gasteiger partial charge in [-0.25, -0.2) is 9.59 Å². The van der Waals surface area contributed by atoms with E-state index < -0.39 is 5.97 Å². The van der Waals surface area contributed by atoms with Crippen molar-refractivity contribution in [3.05, 3.63) is 5.57 Å². The van der Waals surface area contributed by atoms with Crippen molar-refractivity contribution in [2.45, 2.75) is 78.1 Å². The van der Waals surface area contributed by atoms with Crippen LogP contribution >= 0.6 is 0 Å². The molecule has 0 saturated carbocycles. The fourth-order valence-electron chi connectivity index (χ4n) is 1.90. The van der Waals surface area contributed by atoms with Crippen molar-refractivity contribution in [2.75, 3.05) is 6.61 Å². The predicted octanol–water partition coefficient (Wildman–Crippen LogP) is 4.23. The molecular formula is C16H28O3. The molecule has 0 rings (SSSR count). The fraction of sp³-hybridized carbons (Fsp3) is 0.812. The average molecular weight is 268 g/mol. The second-order valence-corrected chi connectivity index (χ2v) is 5.04. The zero-order valence-corrected chi connectivity index (χ0v) is 12.5. The first-order valence-electron chi connectivity index (χ1n) is 7.61. The third-order valence-corrected chi connectivity index (χ3v) is 3.19. The summed E-state index contributed by atoms with van der Waals surface area (Å²) in [5.74, 6) is 1.01. The molecule has 0 spiro atoms. The zero-order chi connectivity index (χ0) is 14.3. The van der Waals surface area contributed by atoms with Crippen LogP contribution in [-0.2, 0) is 14.3 Å². The van der Waals surface area contributed by atoms with Gasteiger partial charge in [0.1, 0.15) is 11.5 Å². The molecule has 0 aromatic carbocycles. The molecule has 0 aliphatic carbocycles. The van der Waals surface area contributed by atoms with Gasteiger partial charge in [-0.15, -0.1) is 0 Å². The van der Waals surface area contributed by atoms with Crippen LogP contribution in [0, 0.1) is 0 Å². The fourth-order valence-corrected chi connectivity index (χ4v) is 1.90. The lowest BCUT2D eigenvalue weighted by molar-refractivity contribution is -0.138. The second-order valence-electron chi connectivity index (χ2n) is 5.04. The average Bonchev–Trinajstić information content (AvgIpc) is 2.43. The van der Waals surface area contributed by atoms with Crippen LogP contribution in [0.3, 0.4) is 0 Å². The summed E-state index contributed by atoms with van der Waals surface area (Å²) in [6.45, 7) is 4.07. The molecule has 0 aliphatic rings. The van der Waals surface area contributed by atoms with Gasteiger partial charge in [0.2, 0.25) is 0 Å². The van der Waals surface area contributed by atoms with Gasteiger partial charge in [0.25, 0.3) is 0 Å². The molecule has 0 radical (unpaired) electrons. The molecule has 0 aliphatic heterocycles. The Morgan fingerprint density at radius 2 is 1.37 bits per heavy atom. The van der Waals surface area contributed by atoms with E-state index in [9.17, 15) is 9.59 Å². The quantitative estimate of drug-likeness (QED) is 0.230. The van der Waals surface area contributed by atoms with Crippen LogP contribution in [0.2, 0.25) is 0 Å². The summed E-state index contributed by atoms with van der Waals surface area (Å²) in [5.41, 5.74) is 0.0204. The molecule has 0 bridgehead atoms. The molecule has 3 heteroatoms. The van der Waals surface area contributed by atoms with E-state index in [0.29, 0.717) is 6.61 Å². The van der Waals surface area contributed by atoms with Crippen molar-refractivity contribution < 1.29 is 14.3 Å². The van der Waals surface area contributed by atoms with Crippen molar-refractivity contribution >= 4 is 11.9 Å². The van der Waals surface area contributed by atoms with E-state index in [0.717, 1.165) is 12.8 Å². The topological polar surface area (TPSA) is 43.4 Å². The van der Waals surface area contributed by atoms with Crippen molar-refractivity contribution in [3.63, 3.8) is 0 Å². The van der Waals surface area contributed by atoms with E-state index in [2.05, 4.69) is 6.92 Å². The lowest BCUT2D eigenvalue weighted by Gasteiger charge is -2.04. The Balaban J connectivity index is 3.19. The summed E-state index contributed by atoms with van der Waals surface area (Å²) in [7, 11) is 0. The van der Waals surface area contributed by atoms with Crippen molar-refractivity contribution in [1.29, 1.82) is 0 Å². The molecule has 0 amide bonds. The van der Waals surface area contributed by atoms with Crippen molar-refractivity contribution in [1.82, 2.24) is 0 Å². The highest BCUT2D eigenvalue weighted by Crippen LogP contribution is 2.10. The Bertz CT molecular complexity index is 278. The molecule has 0 unspecified atom stereocenters. The summed E-state index contributed by atoms with van der Waals surface area (Å²) in [6.07, 6.45) is 12.5. The maximum Gasteiger partial charge on any atom is 0.344 e. The first kappa shape index (κ1) is 17.9.